The van der Waals surface area contributed by atoms with Crippen molar-refractivity contribution < 1.29 is 23.8 Å². The molecule has 0 fully saturated rings. The number of benzene rings is 3. The molecule has 0 spiro atoms. The van der Waals surface area contributed by atoms with Crippen LogP contribution in [0.2, 0.25) is 15.1 Å². The largest absolute Gasteiger partial charge is 0.493 e. The lowest BCUT2D eigenvalue weighted by Crippen LogP contribution is -2.07. The highest BCUT2D eigenvalue weighted by Gasteiger charge is 2.24. The van der Waals surface area contributed by atoms with Gasteiger partial charge in [-0.05, 0) is 65.7 Å². The van der Waals surface area contributed by atoms with Gasteiger partial charge in [-0.25, -0.2) is 9.79 Å². The molecule has 36 heavy (non-hydrogen) atoms. The zero-order chi connectivity index (χ0) is 25.8. The summed E-state index contributed by atoms with van der Waals surface area (Å²) in [5, 5.41) is 3.83. The third kappa shape index (κ3) is 5.99. The van der Waals surface area contributed by atoms with Crippen LogP contribution in [0.4, 0.5) is 5.69 Å². The Balaban J connectivity index is 1.55. The summed E-state index contributed by atoms with van der Waals surface area (Å²) in [6.07, 6.45) is 1.54. The van der Waals surface area contributed by atoms with Crippen molar-refractivity contribution in [1.29, 1.82) is 0 Å². The maximum Gasteiger partial charge on any atom is 0.363 e. The first-order chi connectivity index (χ1) is 17.2. The van der Waals surface area contributed by atoms with Gasteiger partial charge >= 0.3 is 5.97 Å². The molecule has 0 saturated heterocycles. The number of carbonyl (C=O) groups is 2. The first-order valence-electron chi connectivity index (χ1n) is 10.6. The summed E-state index contributed by atoms with van der Waals surface area (Å²) in [5.74, 6) is 0.0760. The highest BCUT2D eigenvalue weighted by atomic mass is 35.5. The molecule has 1 N–H and O–H groups in total. The van der Waals surface area contributed by atoms with Crippen LogP contribution >= 0.6 is 34.8 Å². The summed E-state index contributed by atoms with van der Waals surface area (Å²) in [6.45, 7) is 1.61. The molecule has 4 rings (SSSR count). The number of carbonyl (C=O) groups excluding carboxylic acids is 2. The van der Waals surface area contributed by atoms with Crippen molar-refractivity contribution in [3.63, 3.8) is 0 Å². The van der Waals surface area contributed by atoms with Crippen molar-refractivity contribution in [3.8, 4) is 11.5 Å². The van der Waals surface area contributed by atoms with Crippen LogP contribution < -0.4 is 14.8 Å². The summed E-state index contributed by atoms with van der Waals surface area (Å²) in [5.41, 5.74) is 2.67. The average molecular weight is 546 g/mol. The maximum atomic E-state index is 12.4. The smallest absolute Gasteiger partial charge is 0.363 e. The Labute approximate surface area is 222 Å². The number of ether oxygens (including phenoxy) is 3. The van der Waals surface area contributed by atoms with Gasteiger partial charge in [-0.3, -0.25) is 4.79 Å². The molecule has 0 radical (unpaired) electrons. The van der Waals surface area contributed by atoms with E-state index in [0.717, 1.165) is 5.56 Å². The quantitative estimate of drug-likeness (QED) is 0.269. The number of rotatable bonds is 7. The van der Waals surface area contributed by atoms with Gasteiger partial charge in [0.05, 0.1) is 22.2 Å². The highest BCUT2D eigenvalue weighted by Crippen LogP contribution is 2.38. The van der Waals surface area contributed by atoms with Crippen LogP contribution in [0.25, 0.3) is 6.08 Å². The van der Waals surface area contributed by atoms with Gasteiger partial charge in [-0.2, -0.15) is 0 Å². The number of esters is 1. The Bertz CT molecular complexity index is 1400. The number of nitrogens with one attached hydrogen (secondary N) is 1. The number of hydrogen-bond donors (Lipinski definition) is 1. The second kappa shape index (κ2) is 11.0. The Kier molecular flexibility index (Phi) is 7.84. The van der Waals surface area contributed by atoms with E-state index in [1.807, 2.05) is 0 Å². The van der Waals surface area contributed by atoms with Crippen molar-refractivity contribution in [1.82, 2.24) is 0 Å². The molecule has 3 aromatic rings. The van der Waals surface area contributed by atoms with Gasteiger partial charge in [-0.15, -0.1) is 0 Å². The summed E-state index contributed by atoms with van der Waals surface area (Å²) in [6, 6.07) is 15.3. The third-order valence-corrected chi connectivity index (χ3v) is 6.01. The second-order valence-electron chi connectivity index (χ2n) is 7.67. The van der Waals surface area contributed by atoms with E-state index in [9.17, 15) is 9.59 Å². The fourth-order valence-corrected chi connectivity index (χ4v) is 3.93. The molecule has 7 nitrogen and oxygen atoms in total. The van der Waals surface area contributed by atoms with Gasteiger partial charge in [0.1, 0.15) is 6.61 Å². The van der Waals surface area contributed by atoms with E-state index in [1.54, 1.807) is 54.6 Å². The number of nitrogens with zero attached hydrogens (tertiary/aromatic N) is 1. The van der Waals surface area contributed by atoms with Gasteiger partial charge in [-0.1, -0.05) is 40.9 Å². The minimum atomic E-state index is -0.606. The zero-order valence-electron chi connectivity index (χ0n) is 19.1. The number of halogens is 3. The van der Waals surface area contributed by atoms with E-state index in [1.165, 1.54) is 20.1 Å². The predicted octanol–water partition coefficient (Wildman–Crippen LogP) is 6.54. The minimum absolute atomic E-state index is 0.0959. The lowest BCUT2D eigenvalue weighted by atomic mass is 10.1. The highest BCUT2D eigenvalue weighted by molar-refractivity contribution is 6.42. The fourth-order valence-electron chi connectivity index (χ4n) is 3.34. The molecule has 1 amide bonds. The van der Waals surface area contributed by atoms with E-state index in [0.29, 0.717) is 38.4 Å². The van der Waals surface area contributed by atoms with Crippen molar-refractivity contribution in [2.75, 3.05) is 12.4 Å². The molecule has 0 aliphatic carbocycles. The summed E-state index contributed by atoms with van der Waals surface area (Å²) < 4.78 is 16.6. The van der Waals surface area contributed by atoms with Crippen molar-refractivity contribution >= 4 is 64.3 Å². The minimum Gasteiger partial charge on any atom is -0.493 e. The lowest BCUT2D eigenvalue weighted by molar-refractivity contribution is -0.129. The molecule has 0 aromatic heterocycles. The normalized spacial score (nSPS) is 13.9. The number of anilines is 1. The Morgan fingerprint density at radius 3 is 2.44 bits per heavy atom. The van der Waals surface area contributed by atoms with Crippen LogP contribution in [0.3, 0.4) is 0 Å². The van der Waals surface area contributed by atoms with Crippen molar-refractivity contribution in [3.05, 3.63) is 92.1 Å². The molecule has 1 aliphatic rings. The van der Waals surface area contributed by atoms with Gasteiger partial charge in [0, 0.05) is 18.2 Å². The first-order valence-corrected chi connectivity index (χ1v) is 11.7. The van der Waals surface area contributed by atoms with Crippen LogP contribution in [-0.2, 0) is 20.9 Å². The van der Waals surface area contributed by atoms with Gasteiger partial charge in [0.2, 0.25) is 11.8 Å². The number of methoxy groups -OCH3 is 1. The van der Waals surface area contributed by atoms with Crippen molar-refractivity contribution in [2.45, 2.75) is 13.5 Å². The maximum absolute atomic E-state index is 12.4. The van der Waals surface area contributed by atoms with E-state index in [2.05, 4.69) is 10.3 Å². The molecule has 0 bridgehead atoms. The summed E-state index contributed by atoms with van der Waals surface area (Å²) in [7, 11) is 1.49. The van der Waals surface area contributed by atoms with Crippen LogP contribution in [0.1, 0.15) is 23.6 Å². The second-order valence-corrected chi connectivity index (χ2v) is 8.89. The molecule has 3 aromatic carbocycles. The predicted molar refractivity (Wildman–Crippen MR) is 140 cm³/mol. The molecule has 0 unspecified atom stereocenters. The summed E-state index contributed by atoms with van der Waals surface area (Å²) in [4.78, 5) is 27.9. The molecule has 0 saturated carbocycles. The Morgan fingerprint density at radius 1 is 1.03 bits per heavy atom. The van der Waals surface area contributed by atoms with Crippen LogP contribution in [-0.4, -0.2) is 24.9 Å². The molecule has 1 heterocycles. The topological polar surface area (TPSA) is 86.2 Å². The number of amides is 1. The molecule has 184 valence electrons. The van der Waals surface area contributed by atoms with Crippen LogP contribution in [0.5, 0.6) is 11.5 Å². The first kappa shape index (κ1) is 25.6. The monoisotopic (exact) mass is 544 g/mol. The molecule has 1 aliphatic heterocycles. The van der Waals surface area contributed by atoms with Gasteiger partial charge < -0.3 is 19.5 Å². The lowest BCUT2D eigenvalue weighted by Gasteiger charge is -2.14. The van der Waals surface area contributed by atoms with E-state index in [4.69, 9.17) is 49.0 Å². The van der Waals surface area contributed by atoms with Crippen LogP contribution in [0, 0.1) is 0 Å². The van der Waals surface area contributed by atoms with E-state index < -0.39 is 5.97 Å². The van der Waals surface area contributed by atoms with Crippen molar-refractivity contribution in [2.24, 2.45) is 4.99 Å². The molecular formula is C26H19Cl3N2O5. The Morgan fingerprint density at radius 2 is 1.78 bits per heavy atom. The van der Waals surface area contributed by atoms with Crippen LogP contribution in [0.15, 0.2) is 65.3 Å². The van der Waals surface area contributed by atoms with Gasteiger partial charge in [0.15, 0.2) is 17.2 Å². The number of hydrogen-bond acceptors (Lipinski definition) is 6. The number of cyclic esters (lactones) is 1. The van der Waals surface area contributed by atoms with E-state index >= 15 is 0 Å². The third-order valence-electron chi connectivity index (χ3n) is 5.00. The number of aliphatic imine (C=N–C) groups is 1. The molecular weight excluding hydrogens is 527 g/mol. The summed E-state index contributed by atoms with van der Waals surface area (Å²) >= 11 is 18.5. The fraction of sp³-hybridized carbons (Fsp3) is 0.115. The molecule has 10 heteroatoms. The van der Waals surface area contributed by atoms with E-state index in [-0.39, 0.29) is 29.1 Å². The zero-order valence-corrected chi connectivity index (χ0v) is 21.4. The average Bonchev–Trinajstić information content (AvgIpc) is 3.20. The molecule has 0 atom stereocenters. The van der Waals surface area contributed by atoms with Gasteiger partial charge in [0.25, 0.3) is 0 Å². The SMILES string of the molecule is COc1cc(/C=C2\N=C(c3ccc(NC(C)=O)cc3)OC2=O)cc(Cl)c1OCc1ccc(Cl)c(Cl)c1. The standard InChI is InChI=1S/C26H19Cl3N2O5/c1-14(32)30-18-6-4-17(5-7-18)25-31-22(26(33)36-25)11-16-10-21(29)24(23(12-16)34-2)35-13-15-3-8-19(27)20(28)9-15/h3-12H,13H2,1-2H3,(H,30,32)/b22-11-. The Hall–Kier alpha value is -3.52.